The molecule has 4 rings (SSSR count). The Morgan fingerprint density at radius 3 is 2.09 bits per heavy atom. The van der Waals surface area contributed by atoms with Gasteiger partial charge in [-0.1, -0.05) is 67.6 Å². The Bertz CT molecular complexity index is 1460. The minimum Gasteiger partial charge on any atom is -0.341 e. The van der Waals surface area contributed by atoms with Crippen LogP contribution < -0.4 is 10.6 Å². The third kappa shape index (κ3) is 8.36. The summed E-state index contributed by atoms with van der Waals surface area (Å²) in [7, 11) is 0. The van der Waals surface area contributed by atoms with Crippen LogP contribution >= 0.6 is 0 Å². The lowest BCUT2D eigenvalue weighted by molar-refractivity contribution is -0.247. The third-order valence-electron chi connectivity index (χ3n) is 7.84. The van der Waals surface area contributed by atoms with Crippen molar-refractivity contribution in [2.75, 3.05) is 18.4 Å². The molecule has 1 aliphatic rings. The lowest BCUT2D eigenvalue weighted by Crippen LogP contribution is -2.57. The van der Waals surface area contributed by atoms with Crippen molar-refractivity contribution in [2.24, 2.45) is 5.92 Å². The van der Waals surface area contributed by atoms with Crippen molar-refractivity contribution in [1.82, 2.24) is 24.8 Å². The fraction of sp³-hybridized carbons (Fsp3) is 0.441. The lowest BCUT2D eigenvalue weighted by Gasteiger charge is -2.37. The second kappa shape index (κ2) is 14.1. The van der Waals surface area contributed by atoms with E-state index in [9.17, 15) is 19.2 Å². The van der Waals surface area contributed by atoms with Crippen molar-refractivity contribution in [2.45, 2.75) is 77.6 Å². The van der Waals surface area contributed by atoms with E-state index in [0.717, 1.165) is 23.5 Å². The normalized spacial score (nSPS) is 15.6. The number of carbonyl (C=O) groups excluding carboxylic acids is 4. The van der Waals surface area contributed by atoms with E-state index in [2.05, 4.69) is 22.5 Å². The number of nitrogens with zero attached hydrogens (tertiary/aromatic N) is 4. The zero-order chi connectivity index (χ0) is 32.8. The summed E-state index contributed by atoms with van der Waals surface area (Å²) in [4.78, 5) is 65.0. The fourth-order valence-corrected chi connectivity index (χ4v) is 5.14. The summed E-state index contributed by atoms with van der Waals surface area (Å²) in [6, 6.07) is 16.5. The van der Waals surface area contributed by atoms with Crippen molar-refractivity contribution in [1.29, 1.82) is 0 Å². The highest BCUT2D eigenvalue weighted by Gasteiger charge is 2.40. The molecule has 1 aromatic heterocycles. The van der Waals surface area contributed by atoms with E-state index in [4.69, 9.17) is 4.84 Å². The number of hydrogen-bond acceptors (Lipinski definition) is 6. The van der Waals surface area contributed by atoms with E-state index in [0.29, 0.717) is 31.0 Å². The number of amides is 4. The first kappa shape index (κ1) is 33.4. The van der Waals surface area contributed by atoms with E-state index in [-0.39, 0.29) is 11.7 Å². The van der Waals surface area contributed by atoms with Gasteiger partial charge < -0.3 is 20.1 Å². The smallest absolute Gasteiger partial charge is 0.252 e. The van der Waals surface area contributed by atoms with Gasteiger partial charge in [-0.25, -0.2) is 10.0 Å². The van der Waals surface area contributed by atoms with Crippen LogP contribution in [0.15, 0.2) is 73.2 Å². The molecule has 240 valence electrons. The maximum Gasteiger partial charge on any atom is 0.252 e. The standard InChI is InChI=1S/C34H44N6O5/c1-24-17-19-38(20-18-24)31(43)29(26-15-11-8-12-16-26)39-21-27(35-22-39)36-30(42)28(25-13-9-7-10-14-25)37-32(44)34(5,6)40(23-41)45-33(2,3)4/h7-16,21-24,28-29H,17-20H2,1-6H3,(H,36,42)(H,37,44)/t28?,29-/m1/s1. The van der Waals surface area contributed by atoms with E-state index in [1.165, 1.54) is 20.2 Å². The van der Waals surface area contributed by atoms with Gasteiger partial charge >= 0.3 is 0 Å². The molecule has 11 heteroatoms. The number of hydroxylamine groups is 2. The number of piperidine rings is 1. The number of likely N-dealkylation sites (tertiary alicyclic amines) is 1. The number of carbonyl (C=O) groups is 4. The van der Waals surface area contributed by atoms with Crippen LogP contribution in [0.1, 0.15) is 77.6 Å². The number of anilines is 1. The van der Waals surface area contributed by atoms with Crippen molar-refractivity contribution in [3.05, 3.63) is 84.3 Å². The van der Waals surface area contributed by atoms with Crippen LogP contribution in [-0.4, -0.2) is 67.9 Å². The number of hydrogen-bond donors (Lipinski definition) is 2. The first-order chi connectivity index (χ1) is 21.3. The molecule has 1 fully saturated rings. The molecule has 1 aliphatic heterocycles. The molecule has 0 radical (unpaired) electrons. The Balaban J connectivity index is 1.57. The van der Waals surface area contributed by atoms with E-state index >= 15 is 0 Å². The highest BCUT2D eigenvalue weighted by atomic mass is 16.7. The van der Waals surface area contributed by atoms with Gasteiger partial charge in [-0.15, -0.1) is 0 Å². The largest absolute Gasteiger partial charge is 0.341 e. The fourth-order valence-electron chi connectivity index (χ4n) is 5.14. The Kier molecular flexibility index (Phi) is 10.4. The summed E-state index contributed by atoms with van der Waals surface area (Å²) >= 11 is 0. The number of aromatic nitrogens is 2. The van der Waals surface area contributed by atoms with Gasteiger partial charge in [0, 0.05) is 19.3 Å². The maximum atomic E-state index is 13.8. The number of benzene rings is 2. The first-order valence-electron chi connectivity index (χ1n) is 15.3. The molecule has 4 amide bonds. The molecule has 0 saturated carbocycles. The van der Waals surface area contributed by atoms with Gasteiger partial charge in [-0.2, -0.15) is 0 Å². The number of nitrogens with one attached hydrogen (secondary N) is 2. The molecule has 45 heavy (non-hydrogen) atoms. The van der Waals surface area contributed by atoms with Crippen LogP contribution in [0.2, 0.25) is 0 Å². The Morgan fingerprint density at radius 1 is 0.956 bits per heavy atom. The van der Waals surface area contributed by atoms with Crippen molar-refractivity contribution in [3.8, 4) is 0 Å². The summed E-state index contributed by atoms with van der Waals surface area (Å²) in [5, 5.41) is 6.54. The zero-order valence-corrected chi connectivity index (χ0v) is 26.9. The van der Waals surface area contributed by atoms with Gasteiger partial charge in [0.15, 0.2) is 5.82 Å². The monoisotopic (exact) mass is 616 g/mol. The summed E-state index contributed by atoms with van der Waals surface area (Å²) in [6.07, 6.45) is 5.51. The molecule has 11 nitrogen and oxygen atoms in total. The molecular weight excluding hydrogens is 572 g/mol. The first-order valence-corrected chi connectivity index (χ1v) is 15.3. The van der Waals surface area contributed by atoms with Gasteiger partial charge in [0.2, 0.25) is 18.2 Å². The molecule has 0 aliphatic carbocycles. The van der Waals surface area contributed by atoms with Crippen LogP contribution in [0.25, 0.3) is 0 Å². The summed E-state index contributed by atoms with van der Waals surface area (Å²) < 4.78 is 1.70. The second-order valence-corrected chi connectivity index (χ2v) is 13.0. The molecule has 0 spiro atoms. The highest BCUT2D eigenvalue weighted by molar-refractivity contribution is 5.99. The van der Waals surface area contributed by atoms with Gasteiger partial charge in [-0.3, -0.25) is 24.0 Å². The summed E-state index contributed by atoms with van der Waals surface area (Å²) in [5.74, 6) is -0.370. The average molecular weight is 617 g/mol. The minimum absolute atomic E-state index is 0.0303. The molecule has 2 heterocycles. The van der Waals surface area contributed by atoms with Gasteiger partial charge in [0.25, 0.3) is 5.91 Å². The van der Waals surface area contributed by atoms with Crippen LogP contribution in [0.5, 0.6) is 0 Å². The lowest BCUT2D eigenvalue weighted by atomic mass is 9.97. The molecule has 2 atom stereocenters. The Morgan fingerprint density at radius 2 is 1.53 bits per heavy atom. The molecule has 2 N–H and O–H groups in total. The highest BCUT2D eigenvalue weighted by Crippen LogP contribution is 2.27. The van der Waals surface area contributed by atoms with Gasteiger partial charge in [0.05, 0.1) is 11.9 Å². The van der Waals surface area contributed by atoms with Crippen molar-refractivity contribution >= 4 is 29.9 Å². The van der Waals surface area contributed by atoms with Crippen LogP contribution in [0.4, 0.5) is 5.82 Å². The average Bonchev–Trinajstić information content (AvgIpc) is 3.46. The Hall–Kier alpha value is -4.51. The SMILES string of the molecule is CC1CCN(C(=O)[C@@H](c2ccccc2)n2cnc(NC(=O)C(NC(=O)C(C)(C)N(C=O)OC(C)(C)C)c3ccccc3)c2)CC1. The van der Waals surface area contributed by atoms with E-state index in [1.54, 1.807) is 61.9 Å². The predicted molar refractivity (Wildman–Crippen MR) is 171 cm³/mol. The third-order valence-corrected chi connectivity index (χ3v) is 7.84. The quantitative estimate of drug-likeness (QED) is 0.242. The van der Waals surface area contributed by atoms with Crippen molar-refractivity contribution < 1.29 is 24.0 Å². The van der Waals surface area contributed by atoms with Crippen molar-refractivity contribution in [3.63, 3.8) is 0 Å². The van der Waals surface area contributed by atoms with E-state index < -0.39 is 35.0 Å². The molecule has 1 saturated heterocycles. The second-order valence-electron chi connectivity index (χ2n) is 13.0. The molecule has 0 bridgehead atoms. The van der Waals surface area contributed by atoms with Crippen LogP contribution in [0, 0.1) is 5.92 Å². The van der Waals surface area contributed by atoms with Gasteiger partial charge in [-0.05, 0) is 64.5 Å². The zero-order valence-electron chi connectivity index (χ0n) is 26.9. The number of imidazole rings is 1. The maximum absolute atomic E-state index is 13.8. The van der Waals surface area contributed by atoms with Crippen LogP contribution in [-0.2, 0) is 24.0 Å². The minimum atomic E-state index is -1.45. The van der Waals surface area contributed by atoms with Crippen LogP contribution in [0.3, 0.4) is 0 Å². The molecule has 3 aromatic rings. The number of rotatable bonds is 11. The summed E-state index contributed by atoms with van der Waals surface area (Å²) in [6.45, 7) is 11.9. The topological polar surface area (TPSA) is 126 Å². The molecule has 1 unspecified atom stereocenters. The molecule has 2 aromatic carbocycles. The Labute approximate surface area is 264 Å². The van der Waals surface area contributed by atoms with Gasteiger partial charge in [0.1, 0.15) is 17.6 Å². The van der Waals surface area contributed by atoms with E-state index in [1.807, 2.05) is 35.2 Å². The summed E-state index contributed by atoms with van der Waals surface area (Å²) in [5.41, 5.74) is -0.840. The molecular formula is C34H44N6O5. The predicted octanol–water partition coefficient (Wildman–Crippen LogP) is 4.49.